The summed E-state index contributed by atoms with van der Waals surface area (Å²) in [5.74, 6) is 0.437. The molecule has 120 valence electrons. The molecule has 1 aromatic rings. The number of hydrogen-bond donors (Lipinski definition) is 1. The summed E-state index contributed by atoms with van der Waals surface area (Å²) in [5, 5.41) is 3.38. The zero-order chi connectivity index (χ0) is 14.5. The number of benzene rings is 1. The van der Waals surface area contributed by atoms with Crippen molar-refractivity contribution in [1.29, 1.82) is 0 Å². The summed E-state index contributed by atoms with van der Waals surface area (Å²) in [6, 6.07) is 5.90. The minimum Gasteiger partial charge on any atom is -0.314 e. The SMILES string of the molecule is CCCC(C)[C@@H](c1ccc(C)cc1F)N1CCNCC1.Cl. The summed E-state index contributed by atoms with van der Waals surface area (Å²) < 4.78 is 14.4. The quantitative estimate of drug-likeness (QED) is 0.885. The van der Waals surface area contributed by atoms with Crippen molar-refractivity contribution >= 4 is 12.4 Å². The van der Waals surface area contributed by atoms with Crippen LogP contribution in [0.3, 0.4) is 0 Å². The van der Waals surface area contributed by atoms with Crippen LogP contribution >= 0.6 is 12.4 Å². The third kappa shape index (κ3) is 4.67. The molecule has 0 saturated carbocycles. The second-order valence-corrected chi connectivity index (χ2v) is 6.02. The van der Waals surface area contributed by atoms with Gasteiger partial charge in [-0.3, -0.25) is 4.90 Å². The molecule has 1 aromatic carbocycles. The van der Waals surface area contributed by atoms with Crippen molar-refractivity contribution in [3.05, 3.63) is 35.1 Å². The second kappa shape index (κ2) is 8.72. The molecule has 1 aliphatic rings. The maximum atomic E-state index is 14.4. The Balaban J connectivity index is 0.00000220. The lowest BCUT2D eigenvalue weighted by atomic mass is 9.88. The molecule has 1 aliphatic heterocycles. The number of aryl methyl sites for hydroxylation is 1. The van der Waals surface area contributed by atoms with Crippen LogP contribution in [0.1, 0.15) is 43.9 Å². The van der Waals surface area contributed by atoms with Crippen molar-refractivity contribution in [2.45, 2.75) is 39.7 Å². The molecule has 0 bridgehead atoms. The van der Waals surface area contributed by atoms with Crippen LogP contribution in [0.25, 0.3) is 0 Å². The predicted molar refractivity (Wildman–Crippen MR) is 89.6 cm³/mol. The monoisotopic (exact) mass is 314 g/mol. The Labute approximate surface area is 134 Å². The zero-order valence-electron chi connectivity index (χ0n) is 13.4. The van der Waals surface area contributed by atoms with Crippen LogP contribution < -0.4 is 5.32 Å². The van der Waals surface area contributed by atoms with E-state index in [-0.39, 0.29) is 24.3 Å². The van der Waals surface area contributed by atoms with Crippen LogP contribution in [0.15, 0.2) is 18.2 Å². The number of nitrogens with one attached hydrogen (secondary N) is 1. The Bertz CT molecular complexity index is 433. The summed E-state index contributed by atoms with van der Waals surface area (Å²) in [4.78, 5) is 2.45. The van der Waals surface area contributed by atoms with Gasteiger partial charge >= 0.3 is 0 Å². The smallest absolute Gasteiger partial charge is 0.128 e. The number of piperazine rings is 1. The van der Waals surface area contributed by atoms with Gasteiger partial charge in [0.25, 0.3) is 0 Å². The first kappa shape index (κ1) is 18.4. The molecule has 1 N–H and O–H groups in total. The summed E-state index contributed by atoms with van der Waals surface area (Å²) >= 11 is 0. The topological polar surface area (TPSA) is 15.3 Å². The van der Waals surface area contributed by atoms with Gasteiger partial charge in [0.15, 0.2) is 0 Å². The maximum absolute atomic E-state index is 14.4. The molecule has 21 heavy (non-hydrogen) atoms. The van der Waals surface area contributed by atoms with Crippen LogP contribution in [-0.2, 0) is 0 Å². The summed E-state index contributed by atoms with van der Waals surface area (Å²) in [5.41, 5.74) is 1.87. The molecule has 0 aromatic heterocycles. The van der Waals surface area contributed by atoms with Crippen molar-refractivity contribution < 1.29 is 4.39 Å². The molecule has 1 heterocycles. The number of halogens is 2. The lowest BCUT2D eigenvalue weighted by Gasteiger charge is -2.38. The van der Waals surface area contributed by atoms with Gasteiger partial charge in [0, 0.05) is 37.8 Å². The first-order valence-electron chi connectivity index (χ1n) is 7.84. The van der Waals surface area contributed by atoms with E-state index in [0.29, 0.717) is 5.92 Å². The Morgan fingerprint density at radius 2 is 1.95 bits per heavy atom. The lowest BCUT2D eigenvalue weighted by molar-refractivity contribution is 0.123. The average molecular weight is 315 g/mol. The van der Waals surface area contributed by atoms with Gasteiger partial charge in [0.2, 0.25) is 0 Å². The zero-order valence-corrected chi connectivity index (χ0v) is 14.2. The van der Waals surface area contributed by atoms with Gasteiger partial charge in [-0.1, -0.05) is 32.4 Å². The van der Waals surface area contributed by atoms with E-state index in [1.54, 1.807) is 6.07 Å². The van der Waals surface area contributed by atoms with E-state index in [2.05, 4.69) is 24.1 Å². The van der Waals surface area contributed by atoms with E-state index < -0.39 is 0 Å². The molecule has 1 unspecified atom stereocenters. The molecule has 0 radical (unpaired) electrons. The molecule has 2 nitrogen and oxygen atoms in total. The second-order valence-electron chi connectivity index (χ2n) is 6.02. The first-order chi connectivity index (χ1) is 9.63. The third-order valence-corrected chi connectivity index (χ3v) is 4.30. The van der Waals surface area contributed by atoms with Crippen LogP contribution in [0, 0.1) is 18.7 Å². The fraction of sp³-hybridized carbons (Fsp3) is 0.647. The molecule has 0 aliphatic carbocycles. The molecular weight excluding hydrogens is 287 g/mol. The highest BCUT2D eigenvalue weighted by Crippen LogP contribution is 2.33. The average Bonchev–Trinajstić information content (AvgIpc) is 2.43. The van der Waals surface area contributed by atoms with Gasteiger partial charge in [0.1, 0.15) is 5.82 Å². The molecule has 1 fully saturated rings. The minimum absolute atomic E-state index is 0. The largest absolute Gasteiger partial charge is 0.314 e. The first-order valence-corrected chi connectivity index (χ1v) is 7.84. The van der Waals surface area contributed by atoms with Crippen molar-refractivity contribution in [2.75, 3.05) is 26.2 Å². The number of rotatable bonds is 5. The van der Waals surface area contributed by atoms with E-state index in [1.807, 2.05) is 19.1 Å². The van der Waals surface area contributed by atoms with Gasteiger partial charge in [-0.2, -0.15) is 0 Å². The van der Waals surface area contributed by atoms with E-state index in [0.717, 1.165) is 50.1 Å². The Morgan fingerprint density at radius 3 is 2.52 bits per heavy atom. The molecule has 2 rings (SSSR count). The molecular formula is C17H28ClFN2. The van der Waals surface area contributed by atoms with Crippen molar-refractivity contribution in [1.82, 2.24) is 10.2 Å². The third-order valence-electron chi connectivity index (χ3n) is 4.30. The van der Waals surface area contributed by atoms with E-state index >= 15 is 0 Å². The highest BCUT2D eigenvalue weighted by Gasteiger charge is 2.28. The standard InChI is InChI=1S/C17H27FN2.ClH/c1-4-5-14(3)17(20-10-8-19-9-11-20)15-7-6-13(2)12-16(15)18;/h6-7,12,14,17,19H,4-5,8-11H2,1-3H3;1H/t14?,17-;/m0./s1. The highest BCUT2D eigenvalue weighted by molar-refractivity contribution is 5.85. The highest BCUT2D eigenvalue weighted by atomic mass is 35.5. The Kier molecular flexibility index (Phi) is 7.64. The molecule has 0 spiro atoms. The summed E-state index contributed by atoms with van der Waals surface area (Å²) in [7, 11) is 0. The van der Waals surface area contributed by atoms with Crippen molar-refractivity contribution in [3.63, 3.8) is 0 Å². The fourth-order valence-corrected chi connectivity index (χ4v) is 3.31. The Hall–Kier alpha value is -0.640. The van der Waals surface area contributed by atoms with E-state index in [9.17, 15) is 4.39 Å². The van der Waals surface area contributed by atoms with E-state index in [1.165, 1.54) is 0 Å². The summed E-state index contributed by atoms with van der Waals surface area (Å²) in [6.45, 7) is 10.4. The van der Waals surface area contributed by atoms with Crippen molar-refractivity contribution in [3.8, 4) is 0 Å². The van der Waals surface area contributed by atoms with Gasteiger partial charge in [-0.25, -0.2) is 4.39 Å². The van der Waals surface area contributed by atoms with Gasteiger partial charge in [-0.15, -0.1) is 12.4 Å². The molecule has 4 heteroatoms. The van der Waals surface area contributed by atoms with E-state index in [4.69, 9.17) is 0 Å². The van der Waals surface area contributed by atoms with Crippen LogP contribution in [-0.4, -0.2) is 31.1 Å². The number of hydrogen-bond acceptors (Lipinski definition) is 2. The maximum Gasteiger partial charge on any atom is 0.128 e. The van der Waals surface area contributed by atoms with Crippen LogP contribution in [0.4, 0.5) is 4.39 Å². The van der Waals surface area contributed by atoms with Crippen LogP contribution in [0.2, 0.25) is 0 Å². The fourth-order valence-electron chi connectivity index (χ4n) is 3.31. The van der Waals surface area contributed by atoms with Crippen molar-refractivity contribution in [2.24, 2.45) is 5.92 Å². The number of nitrogens with zero attached hydrogens (tertiary/aromatic N) is 1. The molecule has 1 saturated heterocycles. The lowest BCUT2D eigenvalue weighted by Crippen LogP contribution is -2.46. The molecule has 2 atom stereocenters. The van der Waals surface area contributed by atoms with Gasteiger partial charge < -0.3 is 5.32 Å². The minimum atomic E-state index is -0.0449. The molecule has 0 amide bonds. The predicted octanol–water partition coefficient (Wildman–Crippen LogP) is 3.94. The van der Waals surface area contributed by atoms with Crippen LogP contribution in [0.5, 0.6) is 0 Å². The summed E-state index contributed by atoms with van der Waals surface area (Å²) in [6.07, 6.45) is 2.29. The van der Waals surface area contributed by atoms with Gasteiger partial charge in [0.05, 0.1) is 0 Å². The Morgan fingerprint density at radius 1 is 1.29 bits per heavy atom. The van der Waals surface area contributed by atoms with Gasteiger partial charge in [-0.05, 0) is 30.9 Å². The normalized spacial score (nSPS) is 18.9.